The fourth-order valence-corrected chi connectivity index (χ4v) is 0.944. The molecule has 0 saturated carbocycles. The molecular weight excluding hydrogens is 206 g/mol. The van der Waals surface area contributed by atoms with Crippen LogP contribution in [-0.4, -0.2) is 22.8 Å². The molecule has 0 bridgehead atoms. The summed E-state index contributed by atoms with van der Waals surface area (Å²) >= 11 is 0. The van der Waals surface area contributed by atoms with Gasteiger partial charge in [0.05, 0.1) is 11.1 Å². The summed E-state index contributed by atoms with van der Waals surface area (Å²) in [5, 5.41) is 16.8. The van der Waals surface area contributed by atoms with Crippen molar-refractivity contribution in [1.29, 1.82) is 0 Å². The molecule has 0 spiro atoms. The first kappa shape index (κ1) is 11.1. The van der Waals surface area contributed by atoms with E-state index in [4.69, 9.17) is 10.2 Å². The van der Waals surface area contributed by atoms with Crippen molar-refractivity contribution in [3.05, 3.63) is 34.9 Å². The predicted octanol–water partition coefficient (Wildman–Crippen LogP) is 1.01. The Hall–Kier alpha value is -1.93. The zero-order valence-corrected chi connectivity index (χ0v) is 7.42. The van der Waals surface area contributed by atoms with E-state index in [-0.39, 0.29) is 0 Å². The molecule has 0 aliphatic carbocycles. The number of carboxylic acid groups (broad SMARTS) is 1. The third-order valence-corrected chi connectivity index (χ3v) is 1.58. The molecule has 0 aliphatic rings. The normalized spacial score (nSPS) is 9.27. The SMILES string of the molecule is O=C(O)c1cc(F)c(C#CCO)c(F)c1. The lowest BCUT2D eigenvalue weighted by Crippen LogP contribution is -2.01. The molecule has 5 heteroatoms. The number of aliphatic hydroxyl groups excluding tert-OH is 1. The van der Waals surface area contributed by atoms with Gasteiger partial charge in [0, 0.05) is 0 Å². The molecule has 15 heavy (non-hydrogen) atoms. The molecule has 0 amide bonds. The van der Waals surface area contributed by atoms with Crippen molar-refractivity contribution in [3.63, 3.8) is 0 Å². The second kappa shape index (κ2) is 4.53. The van der Waals surface area contributed by atoms with Gasteiger partial charge in [0.15, 0.2) is 0 Å². The zero-order valence-electron chi connectivity index (χ0n) is 7.42. The van der Waals surface area contributed by atoms with Crippen LogP contribution >= 0.6 is 0 Å². The molecule has 0 fully saturated rings. The fraction of sp³-hybridized carbons (Fsp3) is 0.100. The molecule has 0 unspecified atom stereocenters. The Morgan fingerprint density at radius 3 is 2.27 bits per heavy atom. The highest BCUT2D eigenvalue weighted by Gasteiger charge is 2.12. The Balaban J connectivity index is 3.27. The average Bonchev–Trinajstić information content (AvgIpc) is 2.16. The number of aliphatic hydroxyl groups is 1. The summed E-state index contributed by atoms with van der Waals surface area (Å²) in [5.41, 5.74) is -1.03. The van der Waals surface area contributed by atoms with E-state index in [9.17, 15) is 13.6 Å². The van der Waals surface area contributed by atoms with Gasteiger partial charge in [-0.3, -0.25) is 0 Å². The van der Waals surface area contributed by atoms with Gasteiger partial charge in [-0.2, -0.15) is 0 Å². The van der Waals surface area contributed by atoms with Crippen LogP contribution < -0.4 is 0 Å². The van der Waals surface area contributed by atoms with Crippen molar-refractivity contribution >= 4 is 5.97 Å². The summed E-state index contributed by atoms with van der Waals surface area (Å²) in [6, 6.07) is 1.35. The van der Waals surface area contributed by atoms with E-state index >= 15 is 0 Å². The third-order valence-electron chi connectivity index (χ3n) is 1.58. The molecule has 0 aliphatic heterocycles. The molecule has 0 heterocycles. The van der Waals surface area contributed by atoms with E-state index < -0.39 is 35.3 Å². The van der Waals surface area contributed by atoms with Gasteiger partial charge in [-0.25, -0.2) is 13.6 Å². The molecule has 0 radical (unpaired) electrons. The second-order valence-electron chi connectivity index (χ2n) is 2.58. The van der Waals surface area contributed by atoms with E-state index in [1.54, 1.807) is 0 Å². The highest BCUT2D eigenvalue weighted by molar-refractivity contribution is 5.87. The summed E-state index contributed by atoms with van der Waals surface area (Å²) in [6.07, 6.45) is 0. The molecule has 1 rings (SSSR count). The molecule has 1 aromatic carbocycles. The molecule has 0 saturated heterocycles. The van der Waals surface area contributed by atoms with Gasteiger partial charge in [0.1, 0.15) is 18.2 Å². The van der Waals surface area contributed by atoms with Crippen molar-refractivity contribution in [2.75, 3.05) is 6.61 Å². The number of aromatic carboxylic acids is 1. The van der Waals surface area contributed by atoms with Gasteiger partial charge in [0.25, 0.3) is 0 Å². The highest BCUT2D eigenvalue weighted by Crippen LogP contribution is 2.14. The van der Waals surface area contributed by atoms with Gasteiger partial charge in [-0.1, -0.05) is 11.8 Å². The van der Waals surface area contributed by atoms with Gasteiger partial charge in [-0.15, -0.1) is 0 Å². The van der Waals surface area contributed by atoms with Crippen LogP contribution in [0.2, 0.25) is 0 Å². The molecule has 1 aromatic rings. The maximum atomic E-state index is 13.1. The lowest BCUT2D eigenvalue weighted by Gasteiger charge is -1.99. The zero-order chi connectivity index (χ0) is 11.4. The average molecular weight is 212 g/mol. The number of hydrogen-bond donors (Lipinski definition) is 2. The van der Waals surface area contributed by atoms with Crippen molar-refractivity contribution in [3.8, 4) is 11.8 Å². The minimum Gasteiger partial charge on any atom is -0.478 e. The monoisotopic (exact) mass is 212 g/mol. The molecule has 3 nitrogen and oxygen atoms in total. The number of carboxylic acids is 1. The number of benzene rings is 1. The van der Waals surface area contributed by atoms with Crippen molar-refractivity contribution < 1.29 is 23.8 Å². The molecule has 0 aromatic heterocycles. The van der Waals surface area contributed by atoms with Crippen LogP contribution in [-0.2, 0) is 0 Å². The highest BCUT2D eigenvalue weighted by atomic mass is 19.1. The van der Waals surface area contributed by atoms with Gasteiger partial charge < -0.3 is 10.2 Å². The minimum absolute atomic E-state index is 0.487. The second-order valence-corrected chi connectivity index (χ2v) is 2.58. The first-order chi connectivity index (χ1) is 7.06. The summed E-state index contributed by atoms with van der Waals surface area (Å²) in [6.45, 7) is -0.528. The van der Waals surface area contributed by atoms with Crippen molar-refractivity contribution in [2.45, 2.75) is 0 Å². The number of rotatable bonds is 1. The van der Waals surface area contributed by atoms with E-state index in [0.717, 1.165) is 0 Å². The summed E-state index contributed by atoms with van der Waals surface area (Å²) in [5.74, 6) is 0.582. The predicted molar refractivity (Wildman–Crippen MR) is 47.3 cm³/mol. The van der Waals surface area contributed by atoms with E-state index in [1.165, 1.54) is 0 Å². The molecule has 78 valence electrons. The third kappa shape index (κ3) is 2.51. The van der Waals surface area contributed by atoms with Gasteiger partial charge >= 0.3 is 5.97 Å². The molecular formula is C10H6F2O3. The standard InChI is InChI=1S/C10H6F2O3/c11-8-4-6(10(14)15)5-9(12)7(8)2-1-3-13/h4-5,13H,3H2,(H,14,15). The van der Waals surface area contributed by atoms with Crippen LogP contribution in [0, 0.1) is 23.5 Å². The van der Waals surface area contributed by atoms with Gasteiger partial charge in [0.2, 0.25) is 0 Å². The first-order valence-electron chi connectivity index (χ1n) is 3.88. The Morgan fingerprint density at radius 2 is 1.87 bits per heavy atom. The van der Waals surface area contributed by atoms with Crippen LogP contribution in [0.15, 0.2) is 12.1 Å². The summed E-state index contributed by atoms with van der Waals surface area (Å²) in [7, 11) is 0. The van der Waals surface area contributed by atoms with Crippen molar-refractivity contribution in [1.82, 2.24) is 0 Å². The molecule has 0 atom stereocenters. The first-order valence-corrected chi connectivity index (χ1v) is 3.88. The topological polar surface area (TPSA) is 57.5 Å². The van der Waals surface area contributed by atoms with Crippen LogP contribution in [0.1, 0.15) is 15.9 Å². The number of carbonyl (C=O) groups is 1. The van der Waals surface area contributed by atoms with Crippen LogP contribution in [0.5, 0.6) is 0 Å². The fourth-order valence-electron chi connectivity index (χ4n) is 0.944. The number of hydrogen-bond acceptors (Lipinski definition) is 2. The van der Waals surface area contributed by atoms with Gasteiger partial charge in [-0.05, 0) is 12.1 Å². The minimum atomic E-state index is -1.42. The Kier molecular flexibility index (Phi) is 3.37. The largest absolute Gasteiger partial charge is 0.478 e. The van der Waals surface area contributed by atoms with E-state index in [1.807, 2.05) is 0 Å². The quantitative estimate of drug-likeness (QED) is 0.683. The summed E-state index contributed by atoms with van der Waals surface area (Å²) < 4.78 is 26.2. The van der Waals surface area contributed by atoms with Crippen LogP contribution in [0.3, 0.4) is 0 Å². The van der Waals surface area contributed by atoms with Crippen LogP contribution in [0.25, 0.3) is 0 Å². The number of halogens is 2. The Morgan fingerprint density at radius 1 is 1.33 bits per heavy atom. The smallest absolute Gasteiger partial charge is 0.335 e. The maximum absolute atomic E-state index is 13.1. The Bertz CT molecular complexity index is 434. The lowest BCUT2D eigenvalue weighted by molar-refractivity contribution is 0.0695. The maximum Gasteiger partial charge on any atom is 0.335 e. The van der Waals surface area contributed by atoms with E-state index in [0.29, 0.717) is 12.1 Å². The van der Waals surface area contributed by atoms with Crippen molar-refractivity contribution in [2.24, 2.45) is 0 Å². The Labute approximate surface area is 84.0 Å². The lowest BCUT2D eigenvalue weighted by atomic mass is 10.1. The summed E-state index contributed by atoms with van der Waals surface area (Å²) in [4.78, 5) is 10.4. The molecule has 2 N–H and O–H groups in total. The van der Waals surface area contributed by atoms with Crippen LogP contribution in [0.4, 0.5) is 8.78 Å². The van der Waals surface area contributed by atoms with E-state index in [2.05, 4.69) is 11.8 Å².